The number of aryl methyl sites for hydroxylation is 1. The lowest BCUT2D eigenvalue weighted by molar-refractivity contribution is -0.110. The van der Waals surface area contributed by atoms with Crippen molar-refractivity contribution in [3.63, 3.8) is 0 Å². The Hall–Kier alpha value is -2.82. The third-order valence-electron chi connectivity index (χ3n) is 5.54. The molecule has 5 heteroatoms. The minimum absolute atomic E-state index is 0.220. The van der Waals surface area contributed by atoms with Gasteiger partial charge in [-0.25, -0.2) is 4.39 Å². The highest BCUT2D eigenvalue weighted by atomic mass is 19.1. The van der Waals surface area contributed by atoms with E-state index in [-0.39, 0.29) is 11.7 Å². The van der Waals surface area contributed by atoms with Crippen molar-refractivity contribution < 1.29 is 9.18 Å². The molecule has 146 valence electrons. The Morgan fingerprint density at radius 1 is 1.04 bits per heavy atom. The number of anilines is 3. The maximum atomic E-state index is 13.6. The summed E-state index contributed by atoms with van der Waals surface area (Å²) in [6.45, 7) is 4.35. The molecule has 0 unspecified atom stereocenters. The number of benzene rings is 2. The predicted molar refractivity (Wildman–Crippen MR) is 113 cm³/mol. The van der Waals surface area contributed by atoms with Crippen molar-refractivity contribution in [2.24, 2.45) is 0 Å². The van der Waals surface area contributed by atoms with Crippen LogP contribution in [0.15, 0.2) is 42.6 Å². The number of fused-ring (bicyclic) bond motifs is 1. The summed E-state index contributed by atoms with van der Waals surface area (Å²) in [5.74, 6) is -0.573. The fourth-order valence-corrected chi connectivity index (χ4v) is 4.05. The molecule has 2 N–H and O–H groups in total. The van der Waals surface area contributed by atoms with Crippen LogP contribution in [0.3, 0.4) is 0 Å². The average molecular weight is 379 g/mol. The van der Waals surface area contributed by atoms with Crippen LogP contribution in [0.2, 0.25) is 0 Å². The number of nitrogens with zero attached hydrogens (tertiary/aromatic N) is 1. The second-order valence-electron chi connectivity index (χ2n) is 7.60. The molecule has 2 aliphatic heterocycles. The standard InChI is InChI=1S/C23H26FN3O/c1-16-13-18(8-10-22(16)27-11-5-3-2-4-6-12-27)25-15-20-19-14-17(24)7-9-21(19)26-23(20)28/h7-10,13-15,25H,2-6,11-12H2,1H3,(H,26,28). The first kappa shape index (κ1) is 18.5. The molecule has 1 fully saturated rings. The first-order valence-corrected chi connectivity index (χ1v) is 10.1. The Kier molecular flexibility index (Phi) is 5.33. The molecular weight excluding hydrogens is 353 g/mol. The van der Waals surface area contributed by atoms with Crippen molar-refractivity contribution in [3.8, 4) is 0 Å². The number of hydrogen-bond acceptors (Lipinski definition) is 3. The highest BCUT2D eigenvalue weighted by molar-refractivity contribution is 6.31. The van der Waals surface area contributed by atoms with Crippen LogP contribution in [-0.4, -0.2) is 19.0 Å². The van der Waals surface area contributed by atoms with Crippen LogP contribution < -0.4 is 15.5 Å². The summed E-state index contributed by atoms with van der Waals surface area (Å²) in [6.07, 6.45) is 8.13. The number of halogens is 1. The molecule has 0 aliphatic carbocycles. The smallest absolute Gasteiger partial charge is 0.257 e. The van der Waals surface area contributed by atoms with Gasteiger partial charge in [0.05, 0.1) is 5.57 Å². The Morgan fingerprint density at radius 2 is 1.79 bits per heavy atom. The van der Waals surface area contributed by atoms with Gasteiger partial charge in [0.25, 0.3) is 5.91 Å². The van der Waals surface area contributed by atoms with Gasteiger partial charge in [-0.3, -0.25) is 4.79 Å². The van der Waals surface area contributed by atoms with Crippen LogP contribution in [0.1, 0.15) is 43.2 Å². The van der Waals surface area contributed by atoms with E-state index in [0.29, 0.717) is 16.8 Å². The van der Waals surface area contributed by atoms with E-state index >= 15 is 0 Å². The van der Waals surface area contributed by atoms with Crippen molar-refractivity contribution in [2.45, 2.75) is 39.0 Å². The van der Waals surface area contributed by atoms with Crippen LogP contribution in [0.25, 0.3) is 5.57 Å². The number of nitrogens with one attached hydrogen (secondary N) is 2. The molecule has 4 nitrogen and oxygen atoms in total. The zero-order valence-electron chi connectivity index (χ0n) is 16.2. The average Bonchev–Trinajstić information content (AvgIpc) is 2.95. The summed E-state index contributed by atoms with van der Waals surface area (Å²) in [6, 6.07) is 10.6. The summed E-state index contributed by atoms with van der Waals surface area (Å²) in [5, 5.41) is 5.97. The normalized spacial score (nSPS) is 18.4. The summed E-state index contributed by atoms with van der Waals surface area (Å²) in [7, 11) is 0. The third-order valence-corrected chi connectivity index (χ3v) is 5.54. The molecule has 0 radical (unpaired) electrons. The van der Waals surface area contributed by atoms with Gasteiger partial charge in [-0.05, 0) is 61.7 Å². The number of carbonyl (C=O) groups excluding carboxylic acids is 1. The van der Waals surface area contributed by atoms with E-state index in [0.717, 1.165) is 18.8 Å². The van der Waals surface area contributed by atoms with Gasteiger partial charge in [-0.1, -0.05) is 19.3 Å². The monoisotopic (exact) mass is 379 g/mol. The molecular formula is C23H26FN3O. The van der Waals surface area contributed by atoms with E-state index in [4.69, 9.17) is 0 Å². The zero-order chi connectivity index (χ0) is 19.5. The van der Waals surface area contributed by atoms with Crippen LogP contribution in [0, 0.1) is 12.7 Å². The van der Waals surface area contributed by atoms with Gasteiger partial charge in [-0.15, -0.1) is 0 Å². The van der Waals surface area contributed by atoms with Gasteiger partial charge >= 0.3 is 0 Å². The number of rotatable bonds is 3. The van der Waals surface area contributed by atoms with Gasteiger partial charge in [0.2, 0.25) is 0 Å². The van der Waals surface area contributed by atoms with E-state index in [1.54, 1.807) is 12.3 Å². The van der Waals surface area contributed by atoms with E-state index in [9.17, 15) is 9.18 Å². The second-order valence-corrected chi connectivity index (χ2v) is 7.60. The van der Waals surface area contributed by atoms with Gasteiger partial charge in [0, 0.05) is 41.9 Å². The lowest BCUT2D eigenvalue weighted by Crippen LogP contribution is -2.27. The molecule has 2 aromatic carbocycles. The van der Waals surface area contributed by atoms with Crippen LogP contribution in [0.5, 0.6) is 0 Å². The fourth-order valence-electron chi connectivity index (χ4n) is 4.05. The quantitative estimate of drug-likeness (QED) is 0.711. The largest absolute Gasteiger partial charge is 0.371 e. The maximum Gasteiger partial charge on any atom is 0.257 e. The maximum absolute atomic E-state index is 13.6. The first-order chi connectivity index (χ1) is 13.6. The predicted octanol–water partition coefficient (Wildman–Crippen LogP) is 5.31. The van der Waals surface area contributed by atoms with Crippen molar-refractivity contribution in [2.75, 3.05) is 28.6 Å². The van der Waals surface area contributed by atoms with Crippen molar-refractivity contribution in [1.82, 2.24) is 0 Å². The summed E-state index contributed by atoms with van der Waals surface area (Å²) >= 11 is 0. The van der Waals surface area contributed by atoms with Crippen molar-refractivity contribution in [1.29, 1.82) is 0 Å². The fraction of sp³-hybridized carbons (Fsp3) is 0.348. The SMILES string of the molecule is Cc1cc(NC=C2C(=O)Nc3ccc(F)cc32)ccc1N1CCCCCCC1. The lowest BCUT2D eigenvalue weighted by Gasteiger charge is -2.28. The van der Waals surface area contributed by atoms with Crippen LogP contribution in [-0.2, 0) is 4.79 Å². The van der Waals surface area contributed by atoms with Gasteiger partial charge in [0.15, 0.2) is 0 Å². The van der Waals surface area contributed by atoms with E-state index < -0.39 is 0 Å². The van der Waals surface area contributed by atoms with Crippen LogP contribution >= 0.6 is 0 Å². The minimum Gasteiger partial charge on any atom is -0.371 e. The topological polar surface area (TPSA) is 44.4 Å². The van der Waals surface area contributed by atoms with E-state index in [2.05, 4.69) is 34.6 Å². The molecule has 4 rings (SSSR count). The molecule has 1 saturated heterocycles. The molecule has 0 saturated carbocycles. The van der Waals surface area contributed by atoms with Crippen LogP contribution in [0.4, 0.5) is 21.5 Å². The minimum atomic E-state index is -0.352. The van der Waals surface area contributed by atoms with Crippen molar-refractivity contribution in [3.05, 3.63) is 59.5 Å². The molecule has 2 aromatic rings. The second kappa shape index (κ2) is 8.05. The number of carbonyl (C=O) groups is 1. The highest BCUT2D eigenvalue weighted by Gasteiger charge is 2.24. The Morgan fingerprint density at radius 3 is 2.54 bits per heavy atom. The zero-order valence-corrected chi connectivity index (χ0v) is 16.2. The van der Waals surface area contributed by atoms with Gasteiger partial charge in [0.1, 0.15) is 5.82 Å². The highest BCUT2D eigenvalue weighted by Crippen LogP contribution is 2.32. The van der Waals surface area contributed by atoms with E-state index in [1.807, 2.05) is 6.07 Å². The molecule has 28 heavy (non-hydrogen) atoms. The van der Waals surface area contributed by atoms with Gasteiger partial charge < -0.3 is 15.5 Å². The number of amides is 1. The lowest BCUT2D eigenvalue weighted by atomic mass is 10.1. The molecule has 2 heterocycles. The molecule has 0 bridgehead atoms. The molecule has 1 amide bonds. The molecule has 0 atom stereocenters. The van der Waals surface area contributed by atoms with Gasteiger partial charge in [-0.2, -0.15) is 0 Å². The summed E-state index contributed by atoms with van der Waals surface area (Å²) < 4.78 is 13.6. The number of hydrogen-bond donors (Lipinski definition) is 2. The van der Waals surface area contributed by atoms with E-state index in [1.165, 1.54) is 55.5 Å². The third kappa shape index (κ3) is 3.88. The molecule has 0 aromatic heterocycles. The Bertz CT molecular complexity index is 914. The van der Waals surface area contributed by atoms with Crippen molar-refractivity contribution >= 4 is 28.5 Å². The molecule has 2 aliphatic rings. The summed E-state index contributed by atoms with van der Waals surface area (Å²) in [4.78, 5) is 14.7. The Labute approximate surface area is 165 Å². The molecule has 0 spiro atoms. The Balaban J connectivity index is 1.52. The first-order valence-electron chi connectivity index (χ1n) is 10.1. The summed E-state index contributed by atoms with van der Waals surface area (Å²) in [5.41, 5.74) is 5.09.